The zero-order valence-electron chi connectivity index (χ0n) is 21.0. The standard InChI is InChI=1S/C27H28F3N5O2S/c1-17(19-5-3-4-6-20(19)27(28,29)30)37-23-14-24(38-25(23)26(31)36)35-16-32-21-8-7-18(13-22(21)35)15-34-11-9-33(2)10-12-34/h3-8,13-14,16-17H,9-12,15H2,1-2H3,(H2,31,36)/t17-/m0/s1. The summed E-state index contributed by atoms with van der Waals surface area (Å²) in [6.45, 7) is 6.38. The number of amides is 1. The number of thiophene rings is 1. The van der Waals surface area contributed by atoms with Gasteiger partial charge < -0.3 is 15.4 Å². The molecule has 0 bridgehead atoms. The molecule has 2 aromatic carbocycles. The van der Waals surface area contributed by atoms with E-state index in [1.165, 1.54) is 25.1 Å². The van der Waals surface area contributed by atoms with Crippen molar-refractivity contribution in [3.8, 4) is 10.8 Å². The smallest absolute Gasteiger partial charge is 0.416 e. The Balaban J connectivity index is 1.44. The molecule has 1 fully saturated rings. The molecule has 0 radical (unpaired) electrons. The number of fused-ring (bicyclic) bond motifs is 1. The lowest BCUT2D eigenvalue weighted by Crippen LogP contribution is -2.43. The van der Waals surface area contributed by atoms with Crippen molar-refractivity contribution in [3.63, 3.8) is 0 Å². The maximum atomic E-state index is 13.5. The molecule has 200 valence electrons. The minimum atomic E-state index is -4.53. The van der Waals surface area contributed by atoms with Gasteiger partial charge in [0.1, 0.15) is 28.1 Å². The van der Waals surface area contributed by atoms with Gasteiger partial charge in [-0.25, -0.2) is 4.98 Å². The summed E-state index contributed by atoms with van der Waals surface area (Å²) < 4.78 is 48.4. The van der Waals surface area contributed by atoms with E-state index >= 15 is 0 Å². The molecule has 1 aliphatic rings. The van der Waals surface area contributed by atoms with Crippen LogP contribution < -0.4 is 10.5 Å². The average molecular weight is 544 g/mol. The number of nitrogens with two attached hydrogens (primary N) is 1. The molecule has 0 spiro atoms. The number of rotatable bonds is 7. The Bertz CT molecular complexity index is 1460. The number of piperazine rings is 1. The van der Waals surface area contributed by atoms with E-state index in [2.05, 4.69) is 34.0 Å². The molecule has 11 heteroatoms. The van der Waals surface area contributed by atoms with Crippen molar-refractivity contribution in [2.75, 3.05) is 33.2 Å². The van der Waals surface area contributed by atoms with Gasteiger partial charge in [0.05, 0.1) is 16.6 Å². The first-order valence-corrected chi connectivity index (χ1v) is 13.1. The Kier molecular flexibility index (Phi) is 7.17. The highest BCUT2D eigenvalue weighted by Gasteiger charge is 2.35. The van der Waals surface area contributed by atoms with Gasteiger partial charge in [-0.1, -0.05) is 24.3 Å². The lowest BCUT2D eigenvalue weighted by Gasteiger charge is -2.32. The number of ether oxygens (including phenoxy) is 1. The van der Waals surface area contributed by atoms with Crippen LogP contribution >= 0.6 is 11.3 Å². The van der Waals surface area contributed by atoms with E-state index in [0.717, 1.165) is 66.7 Å². The minimum absolute atomic E-state index is 0.0233. The molecule has 2 aromatic heterocycles. The first-order chi connectivity index (χ1) is 18.1. The van der Waals surface area contributed by atoms with Crippen LogP contribution in [-0.2, 0) is 12.7 Å². The lowest BCUT2D eigenvalue weighted by atomic mass is 10.0. The van der Waals surface area contributed by atoms with Crippen molar-refractivity contribution in [2.45, 2.75) is 25.7 Å². The number of halogens is 3. The molecule has 38 heavy (non-hydrogen) atoms. The fraction of sp³-hybridized carbons (Fsp3) is 0.333. The Labute approximate surface area is 222 Å². The second kappa shape index (κ2) is 10.4. The second-order valence-corrected chi connectivity index (χ2v) is 10.5. The van der Waals surface area contributed by atoms with Crippen molar-refractivity contribution >= 4 is 28.3 Å². The number of aromatic nitrogens is 2. The number of nitrogens with zero attached hydrogens (tertiary/aromatic N) is 4. The van der Waals surface area contributed by atoms with E-state index < -0.39 is 23.8 Å². The molecule has 4 aromatic rings. The van der Waals surface area contributed by atoms with Crippen LogP contribution in [0.4, 0.5) is 13.2 Å². The van der Waals surface area contributed by atoms with Gasteiger partial charge >= 0.3 is 6.18 Å². The lowest BCUT2D eigenvalue weighted by molar-refractivity contribution is -0.138. The second-order valence-electron chi connectivity index (χ2n) is 9.50. The molecule has 1 amide bonds. The molecular formula is C27H28F3N5O2S. The SMILES string of the molecule is C[C@H](Oc1cc(-n2cnc3ccc(CN4CCN(C)CC4)cc32)sc1C(N)=O)c1ccccc1C(F)(F)F. The van der Waals surface area contributed by atoms with Crippen LogP contribution in [0.2, 0.25) is 0 Å². The number of likely N-dealkylation sites (N-methyl/N-ethyl adjacent to an activating group) is 1. The Hall–Kier alpha value is -3.41. The summed E-state index contributed by atoms with van der Waals surface area (Å²) in [7, 11) is 2.12. The normalized spacial score (nSPS) is 16.1. The van der Waals surface area contributed by atoms with E-state index in [0.29, 0.717) is 5.00 Å². The summed E-state index contributed by atoms with van der Waals surface area (Å²) in [5, 5.41) is 0.629. The van der Waals surface area contributed by atoms with Gasteiger partial charge in [0.25, 0.3) is 5.91 Å². The third-order valence-corrected chi connectivity index (χ3v) is 7.90. The number of benzene rings is 2. The van der Waals surface area contributed by atoms with E-state index in [4.69, 9.17) is 10.5 Å². The predicted octanol–water partition coefficient (Wildman–Crippen LogP) is 5.09. The van der Waals surface area contributed by atoms with Gasteiger partial charge in [0.15, 0.2) is 0 Å². The van der Waals surface area contributed by atoms with Crippen LogP contribution in [0.15, 0.2) is 54.9 Å². The Morgan fingerprint density at radius 1 is 1.13 bits per heavy atom. The number of imidazole rings is 1. The fourth-order valence-electron chi connectivity index (χ4n) is 4.70. The molecule has 0 aliphatic carbocycles. The van der Waals surface area contributed by atoms with Crippen LogP contribution in [0.25, 0.3) is 16.0 Å². The monoisotopic (exact) mass is 543 g/mol. The van der Waals surface area contributed by atoms with E-state index in [1.54, 1.807) is 12.4 Å². The maximum Gasteiger partial charge on any atom is 0.416 e. The van der Waals surface area contributed by atoms with Crippen LogP contribution in [0.1, 0.15) is 39.4 Å². The van der Waals surface area contributed by atoms with Crippen molar-refractivity contribution in [1.29, 1.82) is 0 Å². The number of primary amides is 1. The van der Waals surface area contributed by atoms with Crippen molar-refractivity contribution in [2.24, 2.45) is 5.73 Å². The summed E-state index contributed by atoms with van der Waals surface area (Å²) in [4.78, 5) is 21.6. The topological polar surface area (TPSA) is 76.6 Å². The largest absolute Gasteiger partial charge is 0.484 e. The van der Waals surface area contributed by atoms with Crippen LogP contribution in [0.3, 0.4) is 0 Å². The van der Waals surface area contributed by atoms with Gasteiger partial charge in [-0.3, -0.25) is 14.3 Å². The minimum Gasteiger partial charge on any atom is -0.484 e. The molecule has 1 aliphatic heterocycles. The summed E-state index contributed by atoms with van der Waals surface area (Å²) >= 11 is 1.11. The Morgan fingerprint density at radius 2 is 1.87 bits per heavy atom. The number of carbonyl (C=O) groups excluding carboxylic acids is 1. The Morgan fingerprint density at radius 3 is 2.58 bits per heavy atom. The maximum absolute atomic E-state index is 13.5. The van der Waals surface area contributed by atoms with Crippen molar-refractivity contribution < 1.29 is 22.7 Å². The molecule has 1 atom stereocenters. The highest BCUT2D eigenvalue weighted by molar-refractivity contribution is 7.16. The highest BCUT2D eigenvalue weighted by atomic mass is 32.1. The van der Waals surface area contributed by atoms with Gasteiger partial charge in [-0.15, -0.1) is 11.3 Å². The number of carbonyl (C=O) groups is 1. The molecule has 3 heterocycles. The number of alkyl halides is 3. The van der Waals surface area contributed by atoms with Crippen molar-refractivity contribution in [3.05, 3.63) is 76.4 Å². The average Bonchev–Trinajstić information content (AvgIpc) is 3.49. The third-order valence-electron chi connectivity index (χ3n) is 6.77. The summed E-state index contributed by atoms with van der Waals surface area (Å²) in [6.07, 6.45) is -3.84. The molecule has 0 saturated carbocycles. The summed E-state index contributed by atoms with van der Waals surface area (Å²) in [5.41, 5.74) is 7.61. The van der Waals surface area contributed by atoms with E-state index in [1.807, 2.05) is 10.6 Å². The zero-order chi connectivity index (χ0) is 27.0. The predicted molar refractivity (Wildman–Crippen MR) is 141 cm³/mol. The number of hydrogen-bond donors (Lipinski definition) is 1. The molecule has 2 N–H and O–H groups in total. The molecule has 0 unspecified atom stereocenters. The van der Waals surface area contributed by atoms with Crippen LogP contribution in [0.5, 0.6) is 5.75 Å². The highest BCUT2D eigenvalue weighted by Crippen LogP contribution is 2.39. The van der Waals surface area contributed by atoms with E-state index in [-0.39, 0.29) is 16.2 Å². The van der Waals surface area contributed by atoms with Gasteiger partial charge in [-0.05, 0) is 37.7 Å². The first-order valence-electron chi connectivity index (χ1n) is 12.2. The molecule has 5 rings (SSSR count). The van der Waals surface area contributed by atoms with E-state index in [9.17, 15) is 18.0 Å². The fourth-order valence-corrected chi connectivity index (χ4v) is 5.62. The van der Waals surface area contributed by atoms with Crippen LogP contribution in [0, 0.1) is 0 Å². The quantitative estimate of drug-likeness (QED) is 0.351. The third kappa shape index (κ3) is 5.40. The first kappa shape index (κ1) is 26.2. The summed E-state index contributed by atoms with van der Waals surface area (Å²) in [6, 6.07) is 13.0. The van der Waals surface area contributed by atoms with Crippen LogP contribution in [-0.4, -0.2) is 58.5 Å². The zero-order valence-corrected chi connectivity index (χ0v) is 21.9. The molecule has 7 nitrogen and oxygen atoms in total. The molecular weight excluding hydrogens is 515 g/mol. The molecule has 1 saturated heterocycles. The van der Waals surface area contributed by atoms with Gasteiger partial charge in [0, 0.05) is 44.4 Å². The summed E-state index contributed by atoms with van der Waals surface area (Å²) in [5.74, 6) is -0.579. The number of hydrogen-bond acceptors (Lipinski definition) is 6. The van der Waals surface area contributed by atoms with Gasteiger partial charge in [-0.2, -0.15) is 13.2 Å². The van der Waals surface area contributed by atoms with Gasteiger partial charge in [0.2, 0.25) is 0 Å². The van der Waals surface area contributed by atoms with Crippen molar-refractivity contribution in [1.82, 2.24) is 19.4 Å².